The zero-order valence-electron chi connectivity index (χ0n) is 17.1. The fraction of sp³-hybridized carbons (Fsp3) is 0.174. The molecule has 2 aliphatic rings. The van der Waals surface area contributed by atoms with E-state index in [0.717, 1.165) is 23.1 Å². The van der Waals surface area contributed by atoms with Gasteiger partial charge in [-0.1, -0.05) is 17.8 Å². The van der Waals surface area contributed by atoms with Crippen molar-refractivity contribution in [3.05, 3.63) is 71.6 Å². The van der Waals surface area contributed by atoms with Crippen LogP contribution < -0.4 is 10.1 Å². The highest BCUT2D eigenvalue weighted by Gasteiger charge is 2.34. The number of carbonyl (C=O) groups excluding carboxylic acids is 1. The number of aromatic nitrogens is 1. The zero-order chi connectivity index (χ0) is 22.4. The number of methoxy groups -OCH3 is 2. The monoisotopic (exact) mass is 456 g/mol. The molecule has 3 heterocycles. The minimum atomic E-state index is -0.692. The van der Waals surface area contributed by atoms with Crippen LogP contribution in [0.15, 0.2) is 53.6 Å². The summed E-state index contributed by atoms with van der Waals surface area (Å²) in [5.41, 5.74) is 1.65. The molecular weight excluding hydrogens is 438 g/mol. The van der Waals surface area contributed by atoms with Crippen LogP contribution in [0.2, 0.25) is 0 Å². The van der Waals surface area contributed by atoms with E-state index in [4.69, 9.17) is 14.2 Å². The van der Waals surface area contributed by atoms with E-state index in [1.807, 2.05) is 6.08 Å². The van der Waals surface area contributed by atoms with Gasteiger partial charge in [-0.15, -0.1) is 0 Å². The van der Waals surface area contributed by atoms with Gasteiger partial charge >= 0.3 is 5.97 Å². The van der Waals surface area contributed by atoms with E-state index in [1.165, 1.54) is 30.5 Å². The van der Waals surface area contributed by atoms with E-state index in [9.17, 15) is 13.6 Å². The zero-order valence-corrected chi connectivity index (χ0v) is 18.0. The summed E-state index contributed by atoms with van der Waals surface area (Å²) in [5, 5.41) is 3.78. The van der Waals surface area contributed by atoms with Gasteiger partial charge in [0.25, 0.3) is 0 Å². The van der Waals surface area contributed by atoms with Crippen molar-refractivity contribution in [2.45, 2.75) is 11.1 Å². The first kappa shape index (κ1) is 20.6. The summed E-state index contributed by atoms with van der Waals surface area (Å²) in [5.74, 6) is -0.931. The quantitative estimate of drug-likeness (QED) is 0.579. The van der Waals surface area contributed by atoms with E-state index >= 15 is 0 Å². The van der Waals surface area contributed by atoms with Crippen LogP contribution in [0.3, 0.4) is 0 Å². The van der Waals surface area contributed by atoms with E-state index in [1.54, 1.807) is 24.4 Å². The van der Waals surface area contributed by atoms with Crippen LogP contribution in [-0.4, -0.2) is 36.9 Å². The third-order valence-electron chi connectivity index (χ3n) is 5.42. The molecule has 2 aromatic carbocycles. The van der Waals surface area contributed by atoms with Gasteiger partial charge in [-0.25, -0.2) is 13.6 Å². The Labute approximate surface area is 186 Å². The van der Waals surface area contributed by atoms with Crippen LogP contribution in [-0.2, 0) is 9.47 Å². The van der Waals surface area contributed by atoms with Crippen molar-refractivity contribution in [2.75, 3.05) is 20.2 Å². The minimum Gasteiger partial charge on any atom is -0.481 e. The average molecular weight is 456 g/mol. The second-order valence-electron chi connectivity index (χ2n) is 7.10. The average Bonchev–Trinajstić information content (AvgIpc) is 3.42. The van der Waals surface area contributed by atoms with Crippen molar-refractivity contribution in [2.24, 2.45) is 0 Å². The maximum Gasteiger partial charge on any atom is 0.355 e. The Balaban J connectivity index is 1.97. The smallest absolute Gasteiger partial charge is 0.355 e. The molecule has 0 bridgehead atoms. The summed E-state index contributed by atoms with van der Waals surface area (Å²) in [6, 6.07) is 6.61. The summed E-state index contributed by atoms with van der Waals surface area (Å²) < 4.78 is 46.9. The number of halogens is 2. The molecule has 32 heavy (non-hydrogen) atoms. The number of carbonyl (C=O) groups is 1. The third-order valence-corrected chi connectivity index (χ3v) is 6.35. The fourth-order valence-corrected chi connectivity index (χ4v) is 5.02. The van der Waals surface area contributed by atoms with Gasteiger partial charge in [0.2, 0.25) is 0 Å². The molecule has 164 valence electrons. The molecule has 9 heteroatoms. The number of fused-ring (bicyclic) bond motifs is 3. The second kappa shape index (κ2) is 7.99. The molecule has 0 aliphatic carbocycles. The molecule has 1 unspecified atom stereocenters. The lowest BCUT2D eigenvalue weighted by molar-refractivity contribution is 0.0591. The lowest BCUT2D eigenvalue weighted by atomic mass is 9.98. The molecule has 3 aromatic rings. The number of nitrogens with zero attached hydrogens (tertiary/aromatic N) is 1. The SMILES string of the molecule is COC(=O)c1c(C2=CC=CNC2OC)c2c3c(ccc2n1-c1cc(F)ccc1F)OCS3. The number of nitrogens with one attached hydrogen (secondary N) is 1. The lowest BCUT2D eigenvalue weighted by Gasteiger charge is -2.23. The van der Waals surface area contributed by atoms with Gasteiger partial charge in [0.1, 0.15) is 29.0 Å². The number of hydrogen-bond donors (Lipinski definition) is 1. The predicted octanol–water partition coefficient (Wildman–Crippen LogP) is 4.61. The van der Waals surface area contributed by atoms with Gasteiger partial charge in [0, 0.05) is 29.7 Å². The largest absolute Gasteiger partial charge is 0.481 e. The molecule has 0 spiro atoms. The number of hydrogen-bond acceptors (Lipinski definition) is 6. The molecule has 1 N–H and O–H groups in total. The first-order valence-corrected chi connectivity index (χ1v) is 10.7. The first-order valence-electron chi connectivity index (χ1n) is 9.71. The summed E-state index contributed by atoms with van der Waals surface area (Å²) >= 11 is 1.47. The number of allylic oxidation sites excluding steroid dienone is 2. The van der Waals surface area contributed by atoms with E-state index < -0.39 is 23.8 Å². The topological polar surface area (TPSA) is 61.7 Å². The molecule has 1 atom stereocenters. The van der Waals surface area contributed by atoms with Crippen molar-refractivity contribution in [3.8, 4) is 11.4 Å². The van der Waals surface area contributed by atoms with Gasteiger partial charge in [-0.3, -0.25) is 4.57 Å². The van der Waals surface area contributed by atoms with Crippen LogP contribution in [0, 0.1) is 11.6 Å². The normalized spacial score (nSPS) is 17.0. The Morgan fingerprint density at radius 2 is 2.09 bits per heavy atom. The highest BCUT2D eigenvalue weighted by molar-refractivity contribution is 7.99. The van der Waals surface area contributed by atoms with Crippen LogP contribution in [0.5, 0.6) is 5.75 Å². The van der Waals surface area contributed by atoms with E-state index in [-0.39, 0.29) is 11.4 Å². The standard InChI is InChI=1S/C23H18F2N2O4S/c1-29-22-13(4-3-9-26-22)18-19-15(7-8-17-21(19)32-11-31-17)27(20(18)23(28)30-2)16-10-12(24)5-6-14(16)25/h3-10,22,26H,11H2,1-2H3. The molecular formula is C23H18F2N2O4S. The van der Waals surface area contributed by atoms with Gasteiger partial charge < -0.3 is 19.5 Å². The molecule has 2 aliphatic heterocycles. The fourth-order valence-electron chi connectivity index (χ4n) is 4.10. The molecule has 6 nitrogen and oxygen atoms in total. The van der Waals surface area contributed by atoms with Crippen molar-refractivity contribution in [3.63, 3.8) is 0 Å². The van der Waals surface area contributed by atoms with E-state index in [0.29, 0.717) is 33.7 Å². The third kappa shape index (κ3) is 3.08. The van der Waals surface area contributed by atoms with Crippen LogP contribution in [0.4, 0.5) is 8.78 Å². The highest BCUT2D eigenvalue weighted by Crippen LogP contribution is 2.48. The van der Waals surface area contributed by atoms with Crippen molar-refractivity contribution in [1.82, 2.24) is 9.88 Å². The van der Waals surface area contributed by atoms with Crippen molar-refractivity contribution >= 4 is 34.2 Å². The summed E-state index contributed by atoms with van der Waals surface area (Å²) in [7, 11) is 2.79. The maximum atomic E-state index is 15.0. The first-order chi connectivity index (χ1) is 15.5. The summed E-state index contributed by atoms with van der Waals surface area (Å²) in [6.45, 7) is 0. The lowest BCUT2D eigenvalue weighted by Crippen LogP contribution is -2.30. The Morgan fingerprint density at radius 3 is 2.88 bits per heavy atom. The molecule has 0 radical (unpaired) electrons. The highest BCUT2D eigenvalue weighted by atomic mass is 32.2. The Bertz CT molecular complexity index is 1320. The number of esters is 1. The van der Waals surface area contributed by atoms with Crippen LogP contribution in [0.25, 0.3) is 22.2 Å². The number of thioether (sulfide) groups is 1. The molecule has 0 amide bonds. The maximum absolute atomic E-state index is 15.0. The molecule has 5 rings (SSSR count). The Kier molecular flexibility index (Phi) is 5.15. The molecule has 0 fully saturated rings. The van der Waals surface area contributed by atoms with Crippen molar-refractivity contribution < 1.29 is 27.8 Å². The number of rotatable bonds is 4. The van der Waals surface area contributed by atoms with Crippen LogP contribution >= 0.6 is 11.8 Å². The second-order valence-corrected chi connectivity index (χ2v) is 8.04. The van der Waals surface area contributed by atoms with Gasteiger partial charge in [-0.2, -0.15) is 0 Å². The summed E-state index contributed by atoms with van der Waals surface area (Å²) in [6.07, 6.45) is 4.76. The van der Waals surface area contributed by atoms with Crippen LogP contribution in [0.1, 0.15) is 16.1 Å². The molecule has 0 saturated carbocycles. The number of ether oxygens (including phenoxy) is 3. The Hall–Kier alpha value is -3.30. The predicted molar refractivity (Wildman–Crippen MR) is 117 cm³/mol. The minimum absolute atomic E-state index is 0.0679. The number of dihydropyridines is 1. The Morgan fingerprint density at radius 1 is 1.25 bits per heavy atom. The summed E-state index contributed by atoms with van der Waals surface area (Å²) in [4.78, 5) is 13.9. The molecule has 0 saturated heterocycles. The van der Waals surface area contributed by atoms with Gasteiger partial charge in [0.15, 0.2) is 6.23 Å². The van der Waals surface area contributed by atoms with Crippen molar-refractivity contribution in [1.29, 1.82) is 0 Å². The van der Waals surface area contributed by atoms with E-state index in [2.05, 4.69) is 5.32 Å². The van der Waals surface area contributed by atoms with Gasteiger partial charge in [-0.05, 0) is 36.5 Å². The van der Waals surface area contributed by atoms with Gasteiger partial charge in [0.05, 0.1) is 23.2 Å². The number of benzene rings is 2. The molecule has 1 aromatic heterocycles.